The van der Waals surface area contributed by atoms with Gasteiger partial charge in [-0.15, -0.1) is 0 Å². The van der Waals surface area contributed by atoms with E-state index in [0.717, 1.165) is 17.3 Å². The maximum absolute atomic E-state index is 13.5. The molecule has 0 amide bonds. The van der Waals surface area contributed by atoms with Crippen molar-refractivity contribution in [2.45, 2.75) is 13.8 Å². The molecule has 4 nitrogen and oxygen atoms in total. The van der Waals surface area contributed by atoms with E-state index in [0.29, 0.717) is 5.69 Å². The van der Waals surface area contributed by atoms with E-state index >= 15 is 0 Å². The highest BCUT2D eigenvalue weighted by atomic mass is 35.5. The van der Waals surface area contributed by atoms with Crippen molar-refractivity contribution in [2.75, 3.05) is 5.32 Å². The molecule has 1 heterocycles. The van der Waals surface area contributed by atoms with Crippen LogP contribution in [0.2, 0.25) is 5.28 Å². The van der Waals surface area contributed by atoms with Gasteiger partial charge in [0.1, 0.15) is 5.75 Å². The van der Waals surface area contributed by atoms with Crippen LogP contribution in [-0.4, -0.2) is 15.1 Å². The van der Waals surface area contributed by atoms with E-state index < -0.39 is 5.82 Å². The minimum absolute atomic E-state index is 0.00295. The van der Waals surface area contributed by atoms with Crippen molar-refractivity contribution in [3.05, 3.63) is 40.6 Å². The highest BCUT2D eigenvalue weighted by molar-refractivity contribution is 6.28. The van der Waals surface area contributed by atoms with E-state index in [-0.39, 0.29) is 16.9 Å². The molecular weight excluding hydrogens is 257 g/mol. The Morgan fingerprint density at radius 3 is 2.72 bits per heavy atom. The van der Waals surface area contributed by atoms with Crippen molar-refractivity contribution < 1.29 is 9.50 Å². The molecule has 0 fully saturated rings. The molecule has 0 bridgehead atoms. The van der Waals surface area contributed by atoms with Crippen LogP contribution in [0.15, 0.2) is 18.3 Å². The van der Waals surface area contributed by atoms with E-state index in [1.165, 1.54) is 6.07 Å². The fourth-order valence-electron chi connectivity index (χ4n) is 1.50. The van der Waals surface area contributed by atoms with Gasteiger partial charge in [0, 0.05) is 5.69 Å². The van der Waals surface area contributed by atoms with E-state index in [4.69, 9.17) is 11.6 Å². The summed E-state index contributed by atoms with van der Waals surface area (Å²) in [4.78, 5) is 7.30. The fraction of sp³-hybridized carbons (Fsp3) is 0.167. The predicted octanol–water partition coefficient (Wildman–Crippen LogP) is 3.34. The van der Waals surface area contributed by atoms with Crippen LogP contribution in [0, 0.1) is 19.7 Å². The minimum atomic E-state index is -0.593. The second-order valence-electron chi connectivity index (χ2n) is 3.84. The first-order valence-corrected chi connectivity index (χ1v) is 5.61. The van der Waals surface area contributed by atoms with Gasteiger partial charge in [-0.2, -0.15) is 4.98 Å². The summed E-state index contributed by atoms with van der Waals surface area (Å²) in [5, 5.41) is 12.3. The molecule has 0 unspecified atom stereocenters. The van der Waals surface area contributed by atoms with Crippen molar-refractivity contribution in [3.8, 4) is 5.75 Å². The molecule has 0 spiro atoms. The molecule has 6 heteroatoms. The fourth-order valence-corrected chi connectivity index (χ4v) is 1.64. The average Bonchev–Trinajstić information content (AvgIpc) is 2.34. The number of aromatic hydroxyl groups is 1. The van der Waals surface area contributed by atoms with Gasteiger partial charge in [-0.1, -0.05) is 0 Å². The number of aromatic nitrogens is 2. The van der Waals surface area contributed by atoms with Crippen LogP contribution >= 0.6 is 11.6 Å². The molecule has 0 saturated carbocycles. The van der Waals surface area contributed by atoms with E-state index in [1.54, 1.807) is 13.0 Å². The molecule has 0 aliphatic heterocycles. The Morgan fingerprint density at radius 1 is 1.28 bits per heavy atom. The molecule has 1 aromatic carbocycles. The van der Waals surface area contributed by atoms with Gasteiger partial charge in [-0.05, 0) is 48.7 Å². The van der Waals surface area contributed by atoms with Crippen LogP contribution in [0.3, 0.4) is 0 Å². The summed E-state index contributed by atoms with van der Waals surface area (Å²) in [7, 11) is 0. The summed E-state index contributed by atoms with van der Waals surface area (Å²) in [5.41, 5.74) is 2.18. The molecule has 0 radical (unpaired) electrons. The van der Waals surface area contributed by atoms with Crippen LogP contribution in [0.4, 0.5) is 15.9 Å². The molecule has 0 aliphatic rings. The Morgan fingerprint density at radius 2 is 2.00 bits per heavy atom. The lowest BCUT2D eigenvalue weighted by Crippen LogP contribution is -2.01. The Bertz CT molecular complexity index is 604. The van der Waals surface area contributed by atoms with Crippen molar-refractivity contribution in [3.63, 3.8) is 0 Å². The Kier molecular flexibility index (Phi) is 3.34. The molecular formula is C12H11ClFN3O. The van der Waals surface area contributed by atoms with Crippen molar-refractivity contribution in [1.29, 1.82) is 0 Å². The topological polar surface area (TPSA) is 58.0 Å². The number of halogens is 2. The Labute approximate surface area is 108 Å². The number of hydrogen-bond donors (Lipinski definition) is 2. The zero-order valence-electron chi connectivity index (χ0n) is 9.83. The van der Waals surface area contributed by atoms with Gasteiger partial charge in [0.2, 0.25) is 5.28 Å². The molecule has 1 aromatic heterocycles. The number of benzene rings is 1. The molecule has 94 valence electrons. The monoisotopic (exact) mass is 267 g/mol. The van der Waals surface area contributed by atoms with Gasteiger partial charge in [0.25, 0.3) is 0 Å². The SMILES string of the molecule is Cc1c(O)ccc(Nc2nc(Cl)ncc2F)c1C. The molecule has 0 atom stereocenters. The van der Waals surface area contributed by atoms with Crippen LogP contribution in [0.25, 0.3) is 0 Å². The third-order valence-corrected chi connectivity index (χ3v) is 2.91. The third kappa shape index (κ3) is 2.36. The van der Waals surface area contributed by atoms with Crippen LogP contribution < -0.4 is 5.32 Å². The summed E-state index contributed by atoms with van der Waals surface area (Å²) in [6.45, 7) is 3.59. The predicted molar refractivity (Wildman–Crippen MR) is 67.9 cm³/mol. The number of phenolic OH excluding ortho intramolecular Hbond substituents is 1. The van der Waals surface area contributed by atoms with E-state index in [9.17, 15) is 9.50 Å². The van der Waals surface area contributed by atoms with E-state index in [2.05, 4.69) is 15.3 Å². The first-order valence-electron chi connectivity index (χ1n) is 5.23. The molecule has 2 aromatic rings. The average molecular weight is 268 g/mol. The number of nitrogens with zero attached hydrogens (tertiary/aromatic N) is 2. The zero-order chi connectivity index (χ0) is 13.3. The normalized spacial score (nSPS) is 10.4. The van der Waals surface area contributed by atoms with Crippen molar-refractivity contribution in [1.82, 2.24) is 9.97 Å². The molecule has 18 heavy (non-hydrogen) atoms. The number of anilines is 2. The lowest BCUT2D eigenvalue weighted by Gasteiger charge is -2.12. The lowest BCUT2D eigenvalue weighted by molar-refractivity contribution is 0.470. The van der Waals surface area contributed by atoms with Crippen molar-refractivity contribution >= 4 is 23.1 Å². The van der Waals surface area contributed by atoms with Gasteiger partial charge in [-0.25, -0.2) is 9.37 Å². The molecule has 2 N–H and O–H groups in total. The van der Waals surface area contributed by atoms with Crippen LogP contribution in [0.5, 0.6) is 5.75 Å². The van der Waals surface area contributed by atoms with Gasteiger partial charge in [0.05, 0.1) is 6.20 Å². The number of nitrogens with one attached hydrogen (secondary N) is 1. The van der Waals surface area contributed by atoms with Crippen molar-refractivity contribution in [2.24, 2.45) is 0 Å². The molecule has 2 rings (SSSR count). The zero-order valence-corrected chi connectivity index (χ0v) is 10.6. The minimum Gasteiger partial charge on any atom is -0.508 e. The maximum atomic E-state index is 13.5. The quantitative estimate of drug-likeness (QED) is 0.647. The number of rotatable bonds is 2. The first kappa shape index (κ1) is 12.6. The van der Waals surface area contributed by atoms with Gasteiger partial charge < -0.3 is 10.4 Å². The van der Waals surface area contributed by atoms with Gasteiger partial charge in [0.15, 0.2) is 11.6 Å². The summed E-state index contributed by atoms with van der Waals surface area (Å²) in [5.74, 6) is -0.396. The first-order chi connectivity index (χ1) is 8.49. The Hall–Kier alpha value is -1.88. The summed E-state index contributed by atoms with van der Waals surface area (Å²) in [6, 6.07) is 3.18. The number of phenols is 1. The molecule has 0 aliphatic carbocycles. The van der Waals surface area contributed by atoms with Crippen LogP contribution in [-0.2, 0) is 0 Å². The maximum Gasteiger partial charge on any atom is 0.224 e. The highest BCUT2D eigenvalue weighted by Gasteiger charge is 2.10. The summed E-state index contributed by atoms with van der Waals surface area (Å²) in [6.07, 6.45) is 1.00. The third-order valence-electron chi connectivity index (χ3n) is 2.73. The summed E-state index contributed by atoms with van der Waals surface area (Å²) < 4.78 is 13.5. The second-order valence-corrected chi connectivity index (χ2v) is 4.18. The standard InChI is InChI=1S/C12H11ClFN3O/c1-6-7(2)10(18)4-3-9(6)16-11-8(14)5-15-12(13)17-11/h3-5,18H,1-2H3,(H,15,16,17). The smallest absolute Gasteiger partial charge is 0.224 e. The van der Waals surface area contributed by atoms with Gasteiger partial charge >= 0.3 is 0 Å². The number of hydrogen-bond acceptors (Lipinski definition) is 4. The second kappa shape index (κ2) is 4.78. The summed E-state index contributed by atoms with van der Waals surface area (Å²) >= 11 is 5.61. The Balaban J connectivity index is 2.40. The van der Waals surface area contributed by atoms with E-state index in [1.807, 2.05) is 6.92 Å². The highest BCUT2D eigenvalue weighted by Crippen LogP contribution is 2.28. The lowest BCUT2D eigenvalue weighted by atomic mass is 10.1. The molecule has 0 saturated heterocycles. The van der Waals surface area contributed by atoms with Gasteiger partial charge in [-0.3, -0.25) is 0 Å². The van der Waals surface area contributed by atoms with Crippen LogP contribution in [0.1, 0.15) is 11.1 Å². The largest absolute Gasteiger partial charge is 0.508 e.